The maximum Gasteiger partial charge on any atom is 0.257 e. The molecular weight excluding hydrogens is 513 g/mol. The van der Waals surface area contributed by atoms with Crippen molar-refractivity contribution >= 4 is 23.2 Å². The summed E-state index contributed by atoms with van der Waals surface area (Å²) in [6.45, 7) is 8.71. The van der Waals surface area contributed by atoms with Crippen molar-refractivity contribution in [1.29, 1.82) is 0 Å². The van der Waals surface area contributed by atoms with E-state index in [2.05, 4.69) is 50.4 Å². The van der Waals surface area contributed by atoms with E-state index < -0.39 is 17.4 Å². The number of rotatable bonds is 5. The number of aryl methyl sites for hydroxylation is 1. The zero-order valence-electron chi connectivity index (χ0n) is 24.5. The van der Waals surface area contributed by atoms with Crippen LogP contribution in [0.4, 0.5) is 15.8 Å². The van der Waals surface area contributed by atoms with Crippen molar-refractivity contribution in [1.82, 2.24) is 4.90 Å². The molecule has 2 unspecified atom stereocenters. The number of benzene rings is 3. The van der Waals surface area contributed by atoms with E-state index in [4.69, 9.17) is 0 Å². The van der Waals surface area contributed by atoms with Gasteiger partial charge in [0.25, 0.3) is 11.8 Å². The summed E-state index contributed by atoms with van der Waals surface area (Å²) in [5.41, 5.74) is 3.67. The molecule has 3 aliphatic rings. The van der Waals surface area contributed by atoms with Crippen LogP contribution in [0.5, 0.6) is 0 Å². The van der Waals surface area contributed by atoms with Crippen molar-refractivity contribution in [3.8, 4) is 0 Å². The minimum Gasteiger partial charge on any atom is -0.382 e. The zero-order chi connectivity index (χ0) is 28.9. The van der Waals surface area contributed by atoms with Crippen LogP contribution in [0, 0.1) is 12.7 Å². The van der Waals surface area contributed by atoms with Crippen molar-refractivity contribution in [2.75, 3.05) is 16.8 Å². The van der Waals surface area contributed by atoms with E-state index in [1.165, 1.54) is 31.7 Å². The fourth-order valence-corrected chi connectivity index (χ4v) is 7.02. The Kier molecular flexibility index (Phi) is 6.91. The summed E-state index contributed by atoms with van der Waals surface area (Å²) in [6.07, 6.45) is 6.16. The largest absolute Gasteiger partial charge is 0.382 e. The molecule has 3 aromatic carbocycles. The van der Waals surface area contributed by atoms with Gasteiger partial charge in [0.05, 0.1) is 11.6 Å². The van der Waals surface area contributed by atoms with E-state index in [0.29, 0.717) is 31.0 Å². The first-order chi connectivity index (χ1) is 19.6. The van der Waals surface area contributed by atoms with E-state index in [-0.39, 0.29) is 22.8 Å². The van der Waals surface area contributed by atoms with E-state index in [0.717, 1.165) is 22.5 Å². The number of likely N-dealkylation sites (tertiary alicyclic amines) is 1. The first kappa shape index (κ1) is 27.5. The van der Waals surface area contributed by atoms with Gasteiger partial charge >= 0.3 is 0 Å². The number of carbonyl (C=O) groups is 2. The third-order valence-corrected chi connectivity index (χ3v) is 9.26. The van der Waals surface area contributed by atoms with Gasteiger partial charge in [-0.2, -0.15) is 0 Å². The molecule has 2 aliphatic heterocycles. The topological polar surface area (TPSA) is 52.4 Å². The molecule has 0 aromatic heterocycles. The Hall–Kier alpha value is -3.67. The predicted molar refractivity (Wildman–Crippen MR) is 162 cm³/mol. The second-order valence-electron chi connectivity index (χ2n) is 13.0. The van der Waals surface area contributed by atoms with Crippen molar-refractivity contribution < 1.29 is 14.0 Å². The molecule has 5 nitrogen and oxygen atoms in total. The van der Waals surface area contributed by atoms with Crippen LogP contribution in [0.2, 0.25) is 0 Å². The summed E-state index contributed by atoms with van der Waals surface area (Å²) < 4.78 is 15.1. The highest BCUT2D eigenvalue weighted by atomic mass is 19.1. The lowest BCUT2D eigenvalue weighted by Crippen LogP contribution is -2.49. The molecule has 2 heterocycles. The molecule has 1 aliphatic carbocycles. The average molecular weight is 554 g/mol. The molecule has 0 radical (unpaired) electrons. The molecule has 6 rings (SSSR count). The first-order valence-electron chi connectivity index (χ1n) is 15.0. The summed E-state index contributed by atoms with van der Waals surface area (Å²) in [5.74, 6) is -0.869. The number of anilines is 2. The summed E-state index contributed by atoms with van der Waals surface area (Å²) in [5, 5.41) is 3.64. The Bertz CT molecular complexity index is 1450. The van der Waals surface area contributed by atoms with E-state index in [9.17, 15) is 9.59 Å². The Balaban J connectivity index is 1.41. The quantitative estimate of drug-likeness (QED) is 0.332. The fourth-order valence-electron chi connectivity index (χ4n) is 7.02. The maximum atomic E-state index is 15.1. The van der Waals surface area contributed by atoms with Crippen molar-refractivity contribution in [3.63, 3.8) is 0 Å². The Morgan fingerprint density at radius 1 is 0.976 bits per heavy atom. The van der Waals surface area contributed by atoms with Crippen molar-refractivity contribution in [2.45, 2.75) is 89.3 Å². The smallest absolute Gasteiger partial charge is 0.257 e. The fraction of sp³-hybridized carbons (Fsp3) is 0.429. The average Bonchev–Trinajstić information content (AvgIpc) is 3.23. The molecule has 2 atom stereocenters. The molecule has 1 spiro atoms. The van der Waals surface area contributed by atoms with Crippen LogP contribution in [0.1, 0.15) is 92.4 Å². The highest BCUT2D eigenvalue weighted by Gasteiger charge is 2.70. The maximum absolute atomic E-state index is 15.1. The summed E-state index contributed by atoms with van der Waals surface area (Å²) >= 11 is 0. The minimum atomic E-state index is -0.885. The third-order valence-electron chi connectivity index (χ3n) is 9.26. The van der Waals surface area contributed by atoms with Crippen LogP contribution in [0.15, 0.2) is 66.7 Å². The number of nitrogens with zero attached hydrogens (tertiary/aromatic N) is 2. The van der Waals surface area contributed by atoms with Crippen LogP contribution < -0.4 is 10.2 Å². The lowest BCUT2D eigenvalue weighted by atomic mass is 9.82. The Morgan fingerprint density at radius 3 is 2.37 bits per heavy atom. The van der Waals surface area contributed by atoms with Crippen LogP contribution in [0.3, 0.4) is 0 Å². The Labute approximate surface area is 242 Å². The third kappa shape index (κ3) is 4.81. The van der Waals surface area contributed by atoms with Crippen molar-refractivity contribution in [3.05, 3.63) is 94.8 Å². The van der Waals surface area contributed by atoms with E-state index in [1.807, 2.05) is 29.2 Å². The van der Waals surface area contributed by atoms with Gasteiger partial charge in [-0.15, -0.1) is 0 Å². The van der Waals surface area contributed by atoms with Gasteiger partial charge in [-0.1, -0.05) is 70.0 Å². The SMILES string of the molecule is Cc1cccc(F)c1C(=O)N1CCCC2(C(=O)N2c2cccc(C(C)(C)C)c2)C1c1ccc(NC2CCCC2)cc1. The lowest BCUT2D eigenvalue weighted by Gasteiger charge is -2.41. The second-order valence-corrected chi connectivity index (χ2v) is 13.0. The number of nitrogens with one attached hydrogen (secondary N) is 1. The standard InChI is InChI=1S/C35H40FN3O2/c1-23-10-7-15-29(36)30(23)32(40)38-21-9-20-35(33(41)39(35)28-14-8-11-25(22-28)34(2,3)4)31(38)24-16-18-27(19-17-24)37-26-12-5-6-13-26/h7-8,10-11,14-19,22,26,31,37H,5-6,9,12-13,20-21H2,1-4H3. The number of amides is 2. The molecule has 214 valence electrons. The number of piperidine rings is 1. The second kappa shape index (κ2) is 10.3. The molecule has 1 saturated carbocycles. The predicted octanol–water partition coefficient (Wildman–Crippen LogP) is 7.55. The molecule has 41 heavy (non-hydrogen) atoms. The van der Waals surface area contributed by atoms with Crippen LogP contribution in [0.25, 0.3) is 0 Å². The van der Waals surface area contributed by atoms with E-state index >= 15 is 4.39 Å². The van der Waals surface area contributed by atoms with Gasteiger partial charge in [0.1, 0.15) is 5.82 Å². The number of carbonyl (C=O) groups excluding carboxylic acids is 2. The molecule has 2 saturated heterocycles. The molecule has 6 heteroatoms. The highest BCUT2D eigenvalue weighted by molar-refractivity contribution is 6.21. The monoisotopic (exact) mass is 553 g/mol. The van der Waals surface area contributed by atoms with Crippen molar-refractivity contribution in [2.24, 2.45) is 0 Å². The van der Waals surface area contributed by atoms with Gasteiger partial charge in [0.15, 0.2) is 5.54 Å². The minimum absolute atomic E-state index is 0.0180. The van der Waals surface area contributed by atoms with Crippen LogP contribution in [-0.2, 0) is 10.2 Å². The van der Waals surface area contributed by atoms with Gasteiger partial charge in [-0.05, 0) is 85.0 Å². The van der Waals surface area contributed by atoms with E-state index in [1.54, 1.807) is 24.0 Å². The molecule has 3 aromatic rings. The molecular formula is C35H40FN3O2. The number of hydrogen-bond donors (Lipinski definition) is 1. The van der Waals surface area contributed by atoms with Crippen LogP contribution >= 0.6 is 0 Å². The zero-order valence-corrected chi connectivity index (χ0v) is 24.5. The molecule has 3 fully saturated rings. The highest BCUT2D eigenvalue weighted by Crippen LogP contribution is 2.56. The molecule has 0 bridgehead atoms. The van der Waals surface area contributed by atoms with Gasteiger partial charge in [-0.25, -0.2) is 4.39 Å². The first-order valence-corrected chi connectivity index (χ1v) is 15.0. The van der Waals surface area contributed by atoms with Crippen LogP contribution in [-0.4, -0.2) is 34.8 Å². The normalized spacial score (nSPS) is 22.9. The summed E-state index contributed by atoms with van der Waals surface area (Å²) in [6, 6.07) is 21.1. The number of halogens is 1. The lowest BCUT2D eigenvalue weighted by molar-refractivity contribution is -0.112. The Morgan fingerprint density at radius 2 is 1.68 bits per heavy atom. The molecule has 2 amide bonds. The van der Waals surface area contributed by atoms with Gasteiger partial charge < -0.3 is 10.2 Å². The molecule has 1 N–H and O–H groups in total. The van der Waals surface area contributed by atoms with Gasteiger partial charge in [-0.3, -0.25) is 14.5 Å². The summed E-state index contributed by atoms with van der Waals surface area (Å²) in [4.78, 5) is 31.7. The van der Waals surface area contributed by atoms with Gasteiger partial charge in [0.2, 0.25) is 0 Å². The summed E-state index contributed by atoms with van der Waals surface area (Å²) in [7, 11) is 0. The number of hydrogen-bond acceptors (Lipinski definition) is 3. The van der Waals surface area contributed by atoms with Gasteiger partial charge in [0, 0.05) is 24.0 Å².